The molecule has 4 heteroatoms. The summed E-state index contributed by atoms with van der Waals surface area (Å²) in [7, 11) is 0. The van der Waals surface area contributed by atoms with Gasteiger partial charge in [-0.1, -0.05) is 17.7 Å². The van der Waals surface area contributed by atoms with E-state index in [4.69, 9.17) is 16.3 Å². The molecule has 0 aliphatic carbocycles. The Morgan fingerprint density at radius 2 is 2.16 bits per heavy atom. The van der Waals surface area contributed by atoms with Gasteiger partial charge in [-0.15, -0.1) is 11.6 Å². The number of hydrogen-bond donors (Lipinski definition) is 0. The summed E-state index contributed by atoms with van der Waals surface area (Å²) in [4.78, 5) is 14.2. The van der Waals surface area contributed by atoms with E-state index in [1.807, 2.05) is 36.1 Å². The summed E-state index contributed by atoms with van der Waals surface area (Å²) in [5.41, 5.74) is 1.89. The van der Waals surface area contributed by atoms with Gasteiger partial charge in [0.1, 0.15) is 0 Å². The highest BCUT2D eigenvalue weighted by Crippen LogP contribution is 2.17. The van der Waals surface area contributed by atoms with Gasteiger partial charge in [-0.3, -0.25) is 4.79 Å². The van der Waals surface area contributed by atoms with E-state index >= 15 is 0 Å². The fourth-order valence-electron chi connectivity index (χ4n) is 2.40. The first-order valence-electron chi connectivity index (χ1n) is 6.74. The van der Waals surface area contributed by atoms with E-state index in [2.05, 4.69) is 0 Å². The predicted octanol–water partition coefficient (Wildman–Crippen LogP) is 2.86. The van der Waals surface area contributed by atoms with Crippen molar-refractivity contribution in [1.82, 2.24) is 4.90 Å². The molecule has 1 aliphatic rings. The largest absolute Gasteiger partial charge is 0.377 e. The van der Waals surface area contributed by atoms with Crippen LogP contribution in [0.25, 0.3) is 0 Å². The molecule has 2 rings (SSSR count). The second kappa shape index (κ2) is 6.92. The van der Waals surface area contributed by atoms with E-state index in [9.17, 15) is 4.79 Å². The number of carbonyl (C=O) groups excluding carboxylic acids is 1. The Balaban J connectivity index is 1.89. The van der Waals surface area contributed by atoms with Crippen LogP contribution in [0.2, 0.25) is 0 Å². The molecule has 1 heterocycles. The van der Waals surface area contributed by atoms with Crippen LogP contribution in [-0.4, -0.2) is 42.5 Å². The minimum atomic E-state index is 0.125. The first-order valence-corrected chi connectivity index (χ1v) is 7.27. The zero-order chi connectivity index (χ0) is 13.7. The summed E-state index contributed by atoms with van der Waals surface area (Å²) in [5, 5.41) is 0. The Labute approximate surface area is 119 Å². The Hall–Kier alpha value is -1.06. The highest BCUT2D eigenvalue weighted by Gasteiger charge is 2.23. The molecular weight excluding hydrogens is 262 g/mol. The summed E-state index contributed by atoms with van der Waals surface area (Å²) in [5.74, 6) is 0.655. The number of aryl methyl sites for hydroxylation is 1. The second-order valence-corrected chi connectivity index (χ2v) is 5.30. The third-order valence-electron chi connectivity index (χ3n) is 3.42. The molecule has 0 N–H and O–H groups in total. The zero-order valence-corrected chi connectivity index (χ0v) is 12.0. The molecule has 0 saturated carbocycles. The molecule has 0 atom stereocenters. The van der Waals surface area contributed by atoms with Crippen LogP contribution in [0.3, 0.4) is 0 Å². The van der Waals surface area contributed by atoms with Gasteiger partial charge in [-0.2, -0.15) is 0 Å². The minimum absolute atomic E-state index is 0.125. The number of likely N-dealkylation sites (tertiary alicyclic amines) is 1. The molecule has 3 nitrogen and oxygen atoms in total. The van der Waals surface area contributed by atoms with Crippen molar-refractivity contribution in [3.05, 3.63) is 35.4 Å². The zero-order valence-electron chi connectivity index (χ0n) is 11.3. The maximum atomic E-state index is 12.3. The van der Waals surface area contributed by atoms with Gasteiger partial charge in [-0.05, 0) is 31.9 Å². The number of alkyl halides is 1. The molecule has 1 aromatic carbocycles. The molecule has 1 aliphatic heterocycles. The monoisotopic (exact) mass is 281 g/mol. The van der Waals surface area contributed by atoms with E-state index in [0.717, 1.165) is 37.1 Å². The van der Waals surface area contributed by atoms with E-state index in [1.165, 1.54) is 0 Å². The maximum absolute atomic E-state index is 12.3. The van der Waals surface area contributed by atoms with Gasteiger partial charge in [0, 0.05) is 24.5 Å². The molecule has 0 bridgehead atoms. The Kier molecular flexibility index (Phi) is 5.23. The van der Waals surface area contributed by atoms with Crippen molar-refractivity contribution in [2.45, 2.75) is 25.9 Å². The van der Waals surface area contributed by atoms with Crippen LogP contribution in [0.5, 0.6) is 0 Å². The molecule has 0 spiro atoms. The number of ether oxygens (including phenoxy) is 1. The highest BCUT2D eigenvalue weighted by molar-refractivity contribution is 6.17. The normalized spacial score (nSPS) is 16.6. The van der Waals surface area contributed by atoms with Crippen molar-refractivity contribution in [3.8, 4) is 0 Å². The summed E-state index contributed by atoms with van der Waals surface area (Å²) in [6, 6.07) is 7.76. The minimum Gasteiger partial charge on any atom is -0.377 e. The van der Waals surface area contributed by atoms with Crippen molar-refractivity contribution in [2.24, 2.45) is 0 Å². The van der Waals surface area contributed by atoms with Crippen molar-refractivity contribution >= 4 is 17.5 Å². The van der Waals surface area contributed by atoms with Gasteiger partial charge < -0.3 is 9.64 Å². The van der Waals surface area contributed by atoms with Crippen molar-refractivity contribution in [2.75, 3.05) is 25.6 Å². The standard InChI is InChI=1S/C15H20ClNO2/c1-12-3-2-4-13(11-12)15(18)17-8-5-14(6-9-17)19-10-7-16/h2-4,11,14H,5-10H2,1H3. The molecule has 1 aromatic rings. The molecule has 19 heavy (non-hydrogen) atoms. The van der Waals surface area contributed by atoms with Gasteiger partial charge in [0.15, 0.2) is 0 Å². The lowest BCUT2D eigenvalue weighted by atomic mass is 10.1. The van der Waals surface area contributed by atoms with Crippen LogP contribution in [-0.2, 0) is 4.74 Å². The molecule has 0 radical (unpaired) electrons. The van der Waals surface area contributed by atoms with E-state index < -0.39 is 0 Å². The first kappa shape index (κ1) is 14.4. The van der Waals surface area contributed by atoms with Crippen LogP contribution in [0.4, 0.5) is 0 Å². The van der Waals surface area contributed by atoms with Gasteiger partial charge in [-0.25, -0.2) is 0 Å². The Bertz CT molecular complexity index is 428. The summed E-state index contributed by atoms with van der Waals surface area (Å²) < 4.78 is 5.62. The third kappa shape index (κ3) is 3.95. The van der Waals surface area contributed by atoms with Crippen molar-refractivity contribution < 1.29 is 9.53 Å². The van der Waals surface area contributed by atoms with Crippen molar-refractivity contribution in [3.63, 3.8) is 0 Å². The van der Waals surface area contributed by atoms with Crippen LogP contribution in [0.1, 0.15) is 28.8 Å². The summed E-state index contributed by atoms with van der Waals surface area (Å²) in [6.45, 7) is 4.13. The number of carbonyl (C=O) groups is 1. The van der Waals surface area contributed by atoms with Crippen LogP contribution in [0.15, 0.2) is 24.3 Å². The Morgan fingerprint density at radius 1 is 1.42 bits per heavy atom. The Morgan fingerprint density at radius 3 is 2.79 bits per heavy atom. The van der Waals surface area contributed by atoms with Crippen LogP contribution < -0.4 is 0 Å². The topological polar surface area (TPSA) is 29.5 Å². The lowest BCUT2D eigenvalue weighted by molar-refractivity contribution is 0.0154. The van der Waals surface area contributed by atoms with Gasteiger partial charge >= 0.3 is 0 Å². The predicted molar refractivity (Wildman–Crippen MR) is 76.8 cm³/mol. The molecule has 0 unspecified atom stereocenters. The first-order chi connectivity index (χ1) is 9.20. The number of benzene rings is 1. The average Bonchev–Trinajstić information content (AvgIpc) is 2.45. The summed E-state index contributed by atoms with van der Waals surface area (Å²) in [6.07, 6.45) is 2.04. The van der Waals surface area contributed by atoms with E-state index in [1.54, 1.807) is 0 Å². The van der Waals surface area contributed by atoms with E-state index in [-0.39, 0.29) is 12.0 Å². The number of halogens is 1. The maximum Gasteiger partial charge on any atom is 0.253 e. The number of amides is 1. The molecular formula is C15H20ClNO2. The lowest BCUT2D eigenvalue weighted by Gasteiger charge is -2.32. The molecule has 0 aromatic heterocycles. The van der Waals surface area contributed by atoms with Crippen molar-refractivity contribution in [1.29, 1.82) is 0 Å². The number of nitrogens with zero attached hydrogens (tertiary/aromatic N) is 1. The second-order valence-electron chi connectivity index (χ2n) is 4.92. The SMILES string of the molecule is Cc1cccc(C(=O)N2CCC(OCCCl)CC2)c1. The summed E-state index contributed by atoms with van der Waals surface area (Å²) >= 11 is 5.61. The van der Waals surface area contributed by atoms with E-state index in [0.29, 0.717) is 12.5 Å². The van der Waals surface area contributed by atoms with Gasteiger partial charge in [0.25, 0.3) is 5.91 Å². The van der Waals surface area contributed by atoms with Crippen LogP contribution in [0, 0.1) is 6.92 Å². The molecule has 104 valence electrons. The number of hydrogen-bond acceptors (Lipinski definition) is 2. The third-order valence-corrected chi connectivity index (χ3v) is 3.58. The molecule has 1 fully saturated rings. The quantitative estimate of drug-likeness (QED) is 0.794. The average molecular weight is 282 g/mol. The number of rotatable bonds is 4. The van der Waals surface area contributed by atoms with Gasteiger partial charge in [0.05, 0.1) is 12.7 Å². The fraction of sp³-hybridized carbons (Fsp3) is 0.533. The van der Waals surface area contributed by atoms with Crippen LogP contribution >= 0.6 is 11.6 Å². The number of piperidine rings is 1. The molecule has 1 amide bonds. The van der Waals surface area contributed by atoms with Gasteiger partial charge in [0.2, 0.25) is 0 Å². The molecule has 1 saturated heterocycles. The fourth-order valence-corrected chi connectivity index (χ4v) is 2.49. The highest BCUT2D eigenvalue weighted by atomic mass is 35.5. The lowest BCUT2D eigenvalue weighted by Crippen LogP contribution is -2.41. The smallest absolute Gasteiger partial charge is 0.253 e.